The molecule has 0 saturated heterocycles. The van der Waals surface area contributed by atoms with Gasteiger partial charge in [0, 0.05) is 6.08 Å². The smallest absolute Gasteiger partial charge is 0.337 e. The highest BCUT2D eigenvalue weighted by Gasteiger charge is 2.08. The lowest BCUT2D eigenvalue weighted by Crippen LogP contribution is -2.00. The molecule has 3 heteroatoms. The fourth-order valence-electron chi connectivity index (χ4n) is 1.92. The van der Waals surface area contributed by atoms with E-state index in [4.69, 9.17) is 5.26 Å². The van der Waals surface area contributed by atoms with Gasteiger partial charge >= 0.3 is 5.97 Å². The minimum atomic E-state index is -0.373. The maximum absolute atomic E-state index is 11.4. The highest BCUT2D eigenvalue weighted by molar-refractivity contribution is 5.90. The number of carbonyl (C=O) groups is 1. The minimum Gasteiger partial charge on any atom is -0.465 e. The van der Waals surface area contributed by atoms with Crippen molar-refractivity contribution in [1.82, 2.24) is 0 Å². The molecule has 3 nitrogen and oxygen atoms in total. The molecule has 0 heterocycles. The van der Waals surface area contributed by atoms with Gasteiger partial charge in [0.25, 0.3) is 0 Å². The molecule has 0 bridgehead atoms. The Morgan fingerprint density at radius 3 is 2.10 bits per heavy atom. The Balaban J connectivity index is 2.40. The van der Waals surface area contributed by atoms with Crippen molar-refractivity contribution in [3.63, 3.8) is 0 Å². The van der Waals surface area contributed by atoms with Crippen molar-refractivity contribution in [2.75, 3.05) is 7.11 Å². The molecule has 0 saturated carbocycles. The van der Waals surface area contributed by atoms with Crippen LogP contribution in [0.25, 0.3) is 5.57 Å². The molecular formula is C17H13NO2. The molecule has 0 radical (unpaired) electrons. The van der Waals surface area contributed by atoms with Gasteiger partial charge in [-0.25, -0.2) is 4.79 Å². The molecule has 2 aromatic carbocycles. The van der Waals surface area contributed by atoms with E-state index in [0.717, 1.165) is 16.7 Å². The normalized spacial score (nSPS) is 10.7. The number of rotatable bonds is 3. The fraction of sp³-hybridized carbons (Fsp3) is 0.0588. The number of nitrogens with zero attached hydrogens (tertiary/aromatic N) is 1. The van der Waals surface area contributed by atoms with Crippen LogP contribution in [0.2, 0.25) is 0 Å². The molecule has 0 unspecified atom stereocenters. The van der Waals surface area contributed by atoms with Crippen LogP contribution in [-0.4, -0.2) is 13.1 Å². The van der Waals surface area contributed by atoms with E-state index in [0.29, 0.717) is 5.56 Å². The van der Waals surface area contributed by atoms with Crippen molar-refractivity contribution in [1.29, 1.82) is 5.26 Å². The number of hydrogen-bond acceptors (Lipinski definition) is 3. The van der Waals surface area contributed by atoms with Crippen LogP contribution in [0.15, 0.2) is 60.7 Å². The third kappa shape index (κ3) is 2.93. The number of esters is 1. The standard InChI is InChI=1S/C17H13NO2/c1-20-17(19)15-9-7-14(8-10-15)16(11-12-18)13-5-3-2-4-6-13/h2-11H,1H3/b16-11+. The zero-order chi connectivity index (χ0) is 14.4. The Morgan fingerprint density at radius 1 is 1.00 bits per heavy atom. The Kier molecular flexibility index (Phi) is 4.31. The van der Waals surface area contributed by atoms with Crippen molar-refractivity contribution >= 4 is 11.5 Å². The lowest BCUT2D eigenvalue weighted by atomic mass is 9.97. The molecule has 0 aliphatic rings. The Morgan fingerprint density at radius 2 is 1.55 bits per heavy atom. The lowest BCUT2D eigenvalue weighted by Gasteiger charge is -2.07. The molecular weight excluding hydrogens is 250 g/mol. The summed E-state index contributed by atoms with van der Waals surface area (Å²) in [6.45, 7) is 0. The van der Waals surface area contributed by atoms with E-state index in [1.54, 1.807) is 12.1 Å². The molecule has 98 valence electrons. The highest BCUT2D eigenvalue weighted by atomic mass is 16.5. The summed E-state index contributed by atoms with van der Waals surface area (Å²) in [6, 6.07) is 18.7. The molecule has 0 aromatic heterocycles. The predicted molar refractivity (Wildman–Crippen MR) is 76.9 cm³/mol. The number of carbonyl (C=O) groups excluding carboxylic acids is 1. The summed E-state index contributed by atoms with van der Waals surface area (Å²) < 4.78 is 4.66. The van der Waals surface area contributed by atoms with Gasteiger partial charge in [0.1, 0.15) is 0 Å². The molecule has 20 heavy (non-hydrogen) atoms. The molecule has 0 amide bonds. The second-order valence-electron chi connectivity index (χ2n) is 4.12. The van der Waals surface area contributed by atoms with Crippen molar-refractivity contribution in [2.45, 2.75) is 0 Å². The topological polar surface area (TPSA) is 50.1 Å². The monoisotopic (exact) mass is 263 g/mol. The van der Waals surface area contributed by atoms with E-state index in [2.05, 4.69) is 10.8 Å². The van der Waals surface area contributed by atoms with Crippen LogP contribution in [0.5, 0.6) is 0 Å². The number of nitriles is 1. The van der Waals surface area contributed by atoms with Crippen LogP contribution in [0, 0.1) is 11.3 Å². The van der Waals surface area contributed by atoms with Gasteiger partial charge in [0.2, 0.25) is 0 Å². The number of methoxy groups -OCH3 is 1. The SMILES string of the molecule is COC(=O)c1ccc(/C(=C/C#N)c2ccccc2)cc1. The van der Waals surface area contributed by atoms with Gasteiger partial charge in [-0.15, -0.1) is 0 Å². The molecule has 0 N–H and O–H groups in total. The van der Waals surface area contributed by atoms with Gasteiger partial charge in [0.05, 0.1) is 18.7 Å². The largest absolute Gasteiger partial charge is 0.465 e. The number of benzene rings is 2. The second kappa shape index (κ2) is 6.35. The first-order valence-corrected chi connectivity index (χ1v) is 6.10. The number of hydrogen-bond donors (Lipinski definition) is 0. The quantitative estimate of drug-likeness (QED) is 0.629. The zero-order valence-electron chi connectivity index (χ0n) is 11.0. The predicted octanol–water partition coefficient (Wildman–Crippen LogP) is 3.43. The first-order valence-electron chi connectivity index (χ1n) is 6.10. The Labute approximate surface area is 117 Å². The molecule has 0 aliphatic heterocycles. The van der Waals surface area contributed by atoms with E-state index in [1.807, 2.05) is 42.5 Å². The van der Waals surface area contributed by atoms with Gasteiger partial charge in [-0.3, -0.25) is 0 Å². The summed E-state index contributed by atoms with van der Waals surface area (Å²) in [4.78, 5) is 11.4. The maximum Gasteiger partial charge on any atom is 0.337 e. The van der Waals surface area contributed by atoms with Gasteiger partial charge in [0.15, 0.2) is 0 Å². The zero-order valence-corrected chi connectivity index (χ0v) is 11.0. The number of ether oxygens (including phenoxy) is 1. The van der Waals surface area contributed by atoms with Crippen molar-refractivity contribution in [2.24, 2.45) is 0 Å². The summed E-state index contributed by atoms with van der Waals surface area (Å²) in [6.07, 6.45) is 1.50. The summed E-state index contributed by atoms with van der Waals surface area (Å²) in [7, 11) is 1.35. The molecule has 2 aromatic rings. The summed E-state index contributed by atoms with van der Waals surface area (Å²) >= 11 is 0. The van der Waals surface area contributed by atoms with E-state index in [1.165, 1.54) is 13.2 Å². The van der Waals surface area contributed by atoms with Crippen LogP contribution in [0.1, 0.15) is 21.5 Å². The molecule has 0 spiro atoms. The van der Waals surface area contributed by atoms with Crippen LogP contribution in [-0.2, 0) is 4.74 Å². The highest BCUT2D eigenvalue weighted by Crippen LogP contribution is 2.23. The van der Waals surface area contributed by atoms with E-state index in [9.17, 15) is 4.79 Å². The molecule has 2 rings (SSSR count). The third-order valence-electron chi connectivity index (χ3n) is 2.91. The van der Waals surface area contributed by atoms with Gasteiger partial charge in [-0.05, 0) is 28.8 Å². The summed E-state index contributed by atoms with van der Waals surface area (Å²) in [5, 5.41) is 8.94. The van der Waals surface area contributed by atoms with E-state index in [-0.39, 0.29) is 5.97 Å². The average molecular weight is 263 g/mol. The lowest BCUT2D eigenvalue weighted by molar-refractivity contribution is 0.0600. The van der Waals surface area contributed by atoms with Crippen LogP contribution in [0.4, 0.5) is 0 Å². The van der Waals surface area contributed by atoms with Crippen LogP contribution >= 0.6 is 0 Å². The first kappa shape index (κ1) is 13.6. The minimum absolute atomic E-state index is 0.373. The maximum atomic E-state index is 11.4. The number of allylic oxidation sites excluding steroid dienone is 1. The van der Waals surface area contributed by atoms with Gasteiger partial charge in [-0.2, -0.15) is 5.26 Å². The van der Waals surface area contributed by atoms with Crippen LogP contribution < -0.4 is 0 Å². The van der Waals surface area contributed by atoms with Crippen molar-refractivity contribution in [3.8, 4) is 6.07 Å². The molecule has 0 aliphatic carbocycles. The Bertz CT molecular complexity index is 664. The van der Waals surface area contributed by atoms with Crippen LogP contribution in [0.3, 0.4) is 0 Å². The average Bonchev–Trinajstić information content (AvgIpc) is 2.53. The first-order chi connectivity index (χ1) is 9.76. The molecule has 0 atom stereocenters. The fourth-order valence-corrected chi connectivity index (χ4v) is 1.92. The summed E-state index contributed by atoms with van der Waals surface area (Å²) in [5.41, 5.74) is 3.15. The second-order valence-corrected chi connectivity index (χ2v) is 4.12. The van der Waals surface area contributed by atoms with Crippen molar-refractivity contribution < 1.29 is 9.53 Å². The van der Waals surface area contributed by atoms with Crippen molar-refractivity contribution in [3.05, 3.63) is 77.4 Å². The summed E-state index contributed by atoms with van der Waals surface area (Å²) in [5.74, 6) is -0.373. The van der Waals surface area contributed by atoms with Gasteiger partial charge < -0.3 is 4.74 Å². The molecule has 0 fully saturated rings. The van der Waals surface area contributed by atoms with E-state index >= 15 is 0 Å². The van der Waals surface area contributed by atoms with Gasteiger partial charge in [-0.1, -0.05) is 42.5 Å². The Hall–Kier alpha value is -2.86. The van der Waals surface area contributed by atoms with E-state index < -0.39 is 0 Å². The third-order valence-corrected chi connectivity index (χ3v) is 2.91.